The van der Waals surface area contributed by atoms with E-state index >= 15 is 0 Å². The molecule has 0 saturated heterocycles. The van der Waals surface area contributed by atoms with Crippen molar-refractivity contribution in [3.05, 3.63) is 29.8 Å². The molecular formula is C14H21NO3. The molecule has 0 aliphatic carbocycles. The maximum atomic E-state index is 11.4. The predicted molar refractivity (Wildman–Crippen MR) is 70.2 cm³/mol. The fourth-order valence-corrected chi connectivity index (χ4v) is 1.31. The third-order valence-electron chi connectivity index (χ3n) is 2.28. The maximum Gasteiger partial charge on any atom is 0.246 e. The molecular weight excluding hydrogens is 230 g/mol. The van der Waals surface area contributed by atoms with Crippen molar-refractivity contribution in [1.82, 2.24) is 5.48 Å². The van der Waals surface area contributed by atoms with Crippen molar-refractivity contribution in [2.45, 2.75) is 27.2 Å². The van der Waals surface area contributed by atoms with Gasteiger partial charge in [0.1, 0.15) is 5.75 Å². The van der Waals surface area contributed by atoms with Crippen LogP contribution in [0.2, 0.25) is 0 Å². The zero-order valence-electron chi connectivity index (χ0n) is 11.2. The molecule has 0 spiro atoms. The van der Waals surface area contributed by atoms with Gasteiger partial charge in [0.05, 0.1) is 19.6 Å². The van der Waals surface area contributed by atoms with E-state index in [2.05, 4.69) is 5.48 Å². The Morgan fingerprint density at radius 1 is 1.33 bits per heavy atom. The van der Waals surface area contributed by atoms with Gasteiger partial charge in [-0.25, -0.2) is 5.48 Å². The first kappa shape index (κ1) is 14.5. The molecule has 100 valence electrons. The Morgan fingerprint density at radius 2 is 2.06 bits per heavy atom. The summed E-state index contributed by atoms with van der Waals surface area (Å²) in [5.74, 6) is 1.05. The minimum Gasteiger partial charge on any atom is -0.493 e. The van der Waals surface area contributed by atoms with Crippen LogP contribution < -0.4 is 10.2 Å². The van der Waals surface area contributed by atoms with Gasteiger partial charge in [-0.1, -0.05) is 32.0 Å². The van der Waals surface area contributed by atoms with Gasteiger partial charge in [-0.3, -0.25) is 9.63 Å². The lowest BCUT2D eigenvalue weighted by Gasteiger charge is -2.10. The fourth-order valence-electron chi connectivity index (χ4n) is 1.31. The molecule has 0 bridgehead atoms. The number of para-hydroxylation sites is 1. The molecule has 1 N–H and O–H groups in total. The highest BCUT2D eigenvalue weighted by Crippen LogP contribution is 2.15. The molecule has 0 aromatic heterocycles. The van der Waals surface area contributed by atoms with Gasteiger partial charge in [0.15, 0.2) is 0 Å². The summed E-state index contributed by atoms with van der Waals surface area (Å²) in [6.07, 6.45) is 0.284. The summed E-state index contributed by atoms with van der Waals surface area (Å²) in [5.41, 5.74) is 3.46. The van der Waals surface area contributed by atoms with Gasteiger partial charge < -0.3 is 4.74 Å². The van der Waals surface area contributed by atoms with Crippen LogP contribution in [0, 0.1) is 12.8 Å². The summed E-state index contributed by atoms with van der Waals surface area (Å²) in [7, 11) is 0. The van der Waals surface area contributed by atoms with Gasteiger partial charge in [-0.05, 0) is 24.5 Å². The van der Waals surface area contributed by atoms with Gasteiger partial charge in [0, 0.05) is 0 Å². The summed E-state index contributed by atoms with van der Waals surface area (Å²) in [6, 6.07) is 7.73. The lowest BCUT2D eigenvalue weighted by molar-refractivity contribution is -0.134. The molecule has 18 heavy (non-hydrogen) atoms. The van der Waals surface area contributed by atoms with Crippen molar-refractivity contribution >= 4 is 5.91 Å². The monoisotopic (exact) mass is 251 g/mol. The number of rotatable bonds is 7. The van der Waals surface area contributed by atoms with E-state index < -0.39 is 0 Å². The lowest BCUT2D eigenvalue weighted by Crippen LogP contribution is -2.26. The van der Waals surface area contributed by atoms with Crippen molar-refractivity contribution in [3.8, 4) is 5.75 Å². The quantitative estimate of drug-likeness (QED) is 0.757. The number of amides is 1. The van der Waals surface area contributed by atoms with Crippen LogP contribution in [0.1, 0.15) is 25.8 Å². The Balaban J connectivity index is 2.18. The van der Waals surface area contributed by atoms with Crippen LogP contribution in [-0.2, 0) is 9.63 Å². The molecule has 0 radical (unpaired) electrons. The van der Waals surface area contributed by atoms with Crippen molar-refractivity contribution in [2.24, 2.45) is 5.92 Å². The number of aryl methyl sites for hydroxylation is 1. The molecule has 0 fully saturated rings. The molecule has 4 heteroatoms. The Hall–Kier alpha value is -1.55. The zero-order chi connectivity index (χ0) is 13.4. The van der Waals surface area contributed by atoms with E-state index in [-0.39, 0.29) is 12.3 Å². The average molecular weight is 251 g/mol. The number of benzene rings is 1. The Bertz CT molecular complexity index is 377. The van der Waals surface area contributed by atoms with Crippen molar-refractivity contribution in [2.75, 3.05) is 13.2 Å². The number of hydrogen-bond acceptors (Lipinski definition) is 3. The number of carbonyl (C=O) groups excluding carboxylic acids is 1. The van der Waals surface area contributed by atoms with Crippen LogP contribution in [0.4, 0.5) is 0 Å². The molecule has 1 aromatic carbocycles. The standard InChI is InChI=1S/C14H21NO3/c1-11(2)10-18-15-14(16)8-9-17-13-7-5-4-6-12(13)3/h4-7,11H,8-10H2,1-3H3,(H,15,16). The van der Waals surface area contributed by atoms with E-state index in [0.717, 1.165) is 11.3 Å². The summed E-state index contributed by atoms with van der Waals surface area (Å²) in [5, 5.41) is 0. The highest BCUT2D eigenvalue weighted by Gasteiger charge is 2.03. The third kappa shape index (κ3) is 5.68. The number of hydrogen-bond donors (Lipinski definition) is 1. The van der Waals surface area contributed by atoms with Gasteiger partial charge >= 0.3 is 0 Å². The van der Waals surface area contributed by atoms with E-state index in [4.69, 9.17) is 9.57 Å². The lowest BCUT2D eigenvalue weighted by atomic mass is 10.2. The second-order valence-corrected chi connectivity index (χ2v) is 4.59. The van der Waals surface area contributed by atoms with Gasteiger partial charge in [0.25, 0.3) is 0 Å². The number of ether oxygens (including phenoxy) is 1. The Kier molecular flexibility index (Phi) is 6.22. The number of hydroxylamine groups is 1. The van der Waals surface area contributed by atoms with Crippen LogP contribution in [0.5, 0.6) is 5.75 Å². The summed E-state index contributed by atoms with van der Waals surface area (Å²) < 4.78 is 5.52. The third-order valence-corrected chi connectivity index (χ3v) is 2.28. The van der Waals surface area contributed by atoms with Gasteiger partial charge in [0.2, 0.25) is 5.91 Å². The molecule has 1 rings (SSSR count). The first-order valence-electron chi connectivity index (χ1n) is 6.18. The topological polar surface area (TPSA) is 47.6 Å². The van der Waals surface area contributed by atoms with Crippen LogP contribution in [0.3, 0.4) is 0 Å². The van der Waals surface area contributed by atoms with Crippen LogP contribution in [0.25, 0.3) is 0 Å². The fraction of sp³-hybridized carbons (Fsp3) is 0.500. The zero-order valence-corrected chi connectivity index (χ0v) is 11.2. The largest absolute Gasteiger partial charge is 0.493 e. The maximum absolute atomic E-state index is 11.4. The summed E-state index contributed by atoms with van der Waals surface area (Å²) in [6.45, 7) is 6.88. The first-order valence-corrected chi connectivity index (χ1v) is 6.18. The number of nitrogens with one attached hydrogen (secondary N) is 1. The predicted octanol–water partition coefficient (Wildman–Crippen LogP) is 2.47. The second-order valence-electron chi connectivity index (χ2n) is 4.59. The van der Waals surface area contributed by atoms with E-state index in [9.17, 15) is 4.79 Å². The average Bonchev–Trinajstić information content (AvgIpc) is 2.31. The minimum atomic E-state index is -0.163. The highest BCUT2D eigenvalue weighted by molar-refractivity contribution is 5.74. The SMILES string of the molecule is Cc1ccccc1OCCC(=O)NOCC(C)C. The van der Waals surface area contributed by atoms with Crippen LogP contribution >= 0.6 is 0 Å². The van der Waals surface area contributed by atoms with Crippen molar-refractivity contribution in [3.63, 3.8) is 0 Å². The van der Waals surface area contributed by atoms with Gasteiger partial charge in [-0.15, -0.1) is 0 Å². The molecule has 0 aliphatic rings. The Morgan fingerprint density at radius 3 is 2.72 bits per heavy atom. The summed E-state index contributed by atoms with van der Waals surface area (Å²) in [4.78, 5) is 16.4. The molecule has 0 atom stereocenters. The van der Waals surface area contributed by atoms with Gasteiger partial charge in [-0.2, -0.15) is 0 Å². The van der Waals surface area contributed by atoms with Crippen molar-refractivity contribution in [1.29, 1.82) is 0 Å². The summed E-state index contributed by atoms with van der Waals surface area (Å²) >= 11 is 0. The highest BCUT2D eigenvalue weighted by atomic mass is 16.7. The Labute approximate surface area is 108 Å². The van der Waals surface area contributed by atoms with Crippen molar-refractivity contribution < 1.29 is 14.4 Å². The van der Waals surface area contributed by atoms with Crippen LogP contribution in [0.15, 0.2) is 24.3 Å². The minimum absolute atomic E-state index is 0.163. The first-order chi connectivity index (χ1) is 8.59. The van der Waals surface area contributed by atoms with E-state index in [1.165, 1.54) is 0 Å². The molecule has 0 heterocycles. The smallest absolute Gasteiger partial charge is 0.246 e. The van der Waals surface area contributed by atoms with Crippen LogP contribution in [-0.4, -0.2) is 19.1 Å². The molecule has 4 nitrogen and oxygen atoms in total. The molecule has 0 unspecified atom stereocenters. The molecule has 1 amide bonds. The van der Waals surface area contributed by atoms with E-state index in [1.54, 1.807) is 0 Å². The molecule has 0 aliphatic heterocycles. The molecule has 0 saturated carbocycles. The molecule has 1 aromatic rings. The van der Waals surface area contributed by atoms with E-state index in [1.807, 2.05) is 45.0 Å². The number of carbonyl (C=O) groups is 1. The normalized spacial score (nSPS) is 10.4. The second kappa shape index (κ2) is 7.71. The van der Waals surface area contributed by atoms with E-state index in [0.29, 0.717) is 19.1 Å².